The molecule has 3 nitrogen and oxygen atoms in total. The van der Waals surface area contributed by atoms with E-state index in [-0.39, 0.29) is 51.4 Å². The molecule has 0 heterocycles. The van der Waals surface area contributed by atoms with Crippen LogP contribution in [0.25, 0.3) is 0 Å². The van der Waals surface area contributed by atoms with Gasteiger partial charge in [0.05, 0.1) is 0 Å². The molecule has 0 aliphatic rings. The minimum Gasteiger partial charge on any atom is -0.402 e. The van der Waals surface area contributed by atoms with Crippen molar-refractivity contribution in [3.63, 3.8) is 0 Å². The van der Waals surface area contributed by atoms with Crippen LogP contribution < -0.4 is 51.4 Å². The van der Waals surface area contributed by atoms with Crippen molar-refractivity contribution >= 4 is 7.32 Å². The second-order valence-electron chi connectivity index (χ2n) is 2.26. The van der Waals surface area contributed by atoms with Gasteiger partial charge < -0.3 is 22.0 Å². The van der Waals surface area contributed by atoms with Crippen LogP contribution >= 0.6 is 0 Å². The fraction of sp³-hybridized carbons (Fsp3) is 0.857. The first kappa shape index (κ1) is 19.2. The molecule has 68 valence electrons. The monoisotopic (exact) mass is 200 g/mol. The first-order chi connectivity index (χ1) is 5.15. The van der Waals surface area contributed by atoms with E-state index < -0.39 is 7.32 Å². The minimum atomic E-state index is -2.17. The third-order valence-electron chi connectivity index (χ3n) is 1.10. The van der Waals surface area contributed by atoms with E-state index >= 15 is 0 Å². The van der Waals surface area contributed by atoms with Crippen molar-refractivity contribution in [2.45, 2.75) is 39.0 Å². The topological polar surface area (TPSA) is 60.7 Å². The maximum absolute atomic E-state index is 7.17. The van der Waals surface area contributed by atoms with Gasteiger partial charge in [-0.05, 0) is 0 Å². The van der Waals surface area contributed by atoms with Gasteiger partial charge in [0.25, 0.3) is 0 Å². The molecule has 3 N–H and O–H groups in total. The molecule has 0 aliphatic heterocycles. The van der Waals surface area contributed by atoms with Crippen molar-refractivity contribution < 1.29 is 66.5 Å². The van der Waals surface area contributed by atoms with Gasteiger partial charge in [-0.2, -0.15) is 6.42 Å². The Morgan fingerprint density at radius 1 is 1.08 bits per heavy atom. The van der Waals surface area contributed by atoms with Gasteiger partial charge in [-0.15, -0.1) is 0 Å². The molecule has 12 heavy (non-hydrogen) atoms. The standard InChI is InChI=1S/C7H15.BH3O3.K/c1-3-5-7-6-4-2;2-1(3)4;/h1,3-7H2,2H3;2-4H;/q-1;;+1. The zero-order chi connectivity index (χ0) is 9.11. The molecule has 0 aliphatic carbocycles. The molecule has 0 atom stereocenters. The van der Waals surface area contributed by atoms with E-state index in [1.165, 1.54) is 25.7 Å². The average Bonchev–Trinajstić information content (AvgIpc) is 1.88. The van der Waals surface area contributed by atoms with Crippen molar-refractivity contribution in [2.75, 3.05) is 0 Å². The Morgan fingerprint density at radius 2 is 1.50 bits per heavy atom. The summed E-state index contributed by atoms with van der Waals surface area (Å²) in [6.45, 7) is 5.98. The quantitative estimate of drug-likeness (QED) is 0.273. The van der Waals surface area contributed by atoms with E-state index in [4.69, 9.17) is 15.1 Å². The fourth-order valence-corrected chi connectivity index (χ4v) is 0.604. The molecule has 0 radical (unpaired) electrons. The summed E-state index contributed by atoms with van der Waals surface area (Å²) in [4.78, 5) is 0. The zero-order valence-corrected chi connectivity index (χ0v) is 11.3. The number of rotatable bonds is 4. The second-order valence-corrected chi connectivity index (χ2v) is 2.26. The van der Waals surface area contributed by atoms with E-state index in [1.54, 1.807) is 0 Å². The predicted molar refractivity (Wildman–Crippen MR) is 46.5 cm³/mol. The van der Waals surface area contributed by atoms with Gasteiger partial charge in [-0.1, -0.05) is 32.6 Å². The molecule has 0 saturated carbocycles. The summed E-state index contributed by atoms with van der Waals surface area (Å²) in [6, 6.07) is 0. The van der Waals surface area contributed by atoms with Gasteiger partial charge >= 0.3 is 58.7 Å². The van der Waals surface area contributed by atoms with Crippen molar-refractivity contribution in [3.05, 3.63) is 6.92 Å². The number of unbranched alkanes of at least 4 members (excludes halogenated alkanes) is 4. The Balaban J connectivity index is -0.000000142. The van der Waals surface area contributed by atoms with Crippen LogP contribution in [0.4, 0.5) is 0 Å². The first-order valence-corrected chi connectivity index (χ1v) is 3.98. The van der Waals surface area contributed by atoms with Crippen LogP contribution in [0.1, 0.15) is 39.0 Å². The summed E-state index contributed by atoms with van der Waals surface area (Å²) in [5, 5.41) is 21.5. The smallest absolute Gasteiger partial charge is 0.402 e. The Kier molecular flexibility index (Phi) is 29.4. The summed E-state index contributed by atoms with van der Waals surface area (Å²) in [5.74, 6) is 0. The number of hydrogen-bond acceptors (Lipinski definition) is 3. The summed E-state index contributed by atoms with van der Waals surface area (Å²) >= 11 is 0. The number of hydrogen-bond donors (Lipinski definition) is 3. The molecular formula is C7H18BKO3. The Morgan fingerprint density at radius 3 is 1.75 bits per heavy atom. The van der Waals surface area contributed by atoms with Crippen molar-refractivity contribution in [3.8, 4) is 0 Å². The summed E-state index contributed by atoms with van der Waals surface area (Å²) in [7, 11) is -2.17. The van der Waals surface area contributed by atoms with Crippen LogP contribution in [0.15, 0.2) is 0 Å². The fourth-order valence-electron chi connectivity index (χ4n) is 0.604. The molecule has 0 spiro atoms. The Labute approximate surface area is 118 Å². The van der Waals surface area contributed by atoms with Gasteiger partial charge in [0.2, 0.25) is 0 Å². The van der Waals surface area contributed by atoms with Crippen molar-refractivity contribution in [1.29, 1.82) is 0 Å². The van der Waals surface area contributed by atoms with Crippen LogP contribution in [-0.2, 0) is 0 Å². The van der Waals surface area contributed by atoms with Crippen molar-refractivity contribution in [1.82, 2.24) is 0 Å². The van der Waals surface area contributed by atoms with Crippen LogP contribution in [0.5, 0.6) is 0 Å². The molecule has 0 aromatic carbocycles. The Hall–Kier alpha value is 1.58. The molecular weight excluding hydrogens is 182 g/mol. The predicted octanol–water partition coefficient (Wildman–Crippen LogP) is -2.26. The molecule has 0 saturated heterocycles. The van der Waals surface area contributed by atoms with E-state index in [2.05, 4.69) is 13.8 Å². The van der Waals surface area contributed by atoms with Crippen LogP contribution in [0.3, 0.4) is 0 Å². The maximum atomic E-state index is 7.17. The summed E-state index contributed by atoms with van der Waals surface area (Å²) in [6.07, 6.45) is 6.52. The maximum Gasteiger partial charge on any atom is 1.00 e. The molecule has 0 fully saturated rings. The second kappa shape index (κ2) is 18.4. The molecule has 0 aromatic heterocycles. The largest absolute Gasteiger partial charge is 1.00 e. The van der Waals surface area contributed by atoms with Crippen molar-refractivity contribution in [2.24, 2.45) is 0 Å². The molecule has 0 unspecified atom stereocenters. The third-order valence-corrected chi connectivity index (χ3v) is 1.10. The Bertz CT molecular complexity index is 57.9. The van der Waals surface area contributed by atoms with Crippen LogP contribution in [0.2, 0.25) is 0 Å². The van der Waals surface area contributed by atoms with Gasteiger partial charge in [-0.3, -0.25) is 0 Å². The summed E-state index contributed by atoms with van der Waals surface area (Å²) in [5.41, 5.74) is 0. The molecule has 0 amide bonds. The minimum absolute atomic E-state index is 0. The van der Waals surface area contributed by atoms with Crippen LogP contribution in [0, 0.1) is 6.92 Å². The summed E-state index contributed by atoms with van der Waals surface area (Å²) < 4.78 is 0. The SMILES string of the molecule is OB(O)O.[CH2-]CCCCCC.[K+]. The normalized spacial score (nSPS) is 7.75. The van der Waals surface area contributed by atoms with E-state index in [0.717, 1.165) is 6.42 Å². The van der Waals surface area contributed by atoms with E-state index in [9.17, 15) is 0 Å². The molecule has 0 aromatic rings. The van der Waals surface area contributed by atoms with Crippen LogP contribution in [-0.4, -0.2) is 22.4 Å². The molecule has 5 heteroatoms. The van der Waals surface area contributed by atoms with E-state index in [1.807, 2.05) is 0 Å². The molecule has 0 rings (SSSR count). The molecule has 0 bridgehead atoms. The average molecular weight is 200 g/mol. The third kappa shape index (κ3) is 41.6. The zero-order valence-electron chi connectivity index (χ0n) is 8.16. The van der Waals surface area contributed by atoms with Gasteiger partial charge in [-0.25, -0.2) is 0 Å². The first-order valence-electron chi connectivity index (χ1n) is 3.98. The van der Waals surface area contributed by atoms with Gasteiger partial charge in [0.15, 0.2) is 0 Å². The van der Waals surface area contributed by atoms with Gasteiger partial charge in [0, 0.05) is 0 Å². The van der Waals surface area contributed by atoms with E-state index in [0.29, 0.717) is 0 Å². The van der Waals surface area contributed by atoms with Gasteiger partial charge in [0.1, 0.15) is 0 Å².